The second-order valence-corrected chi connectivity index (χ2v) is 5.63. The number of hydrogen-bond acceptors (Lipinski definition) is 2. The number of carbonyl (C=O) groups is 1. The van der Waals surface area contributed by atoms with Crippen LogP contribution in [0.25, 0.3) is 5.70 Å². The summed E-state index contributed by atoms with van der Waals surface area (Å²) in [6.45, 7) is 2.38. The van der Waals surface area contributed by atoms with Crippen molar-refractivity contribution in [2.24, 2.45) is 0 Å². The number of hydrogen-bond donors (Lipinski definition) is 0. The summed E-state index contributed by atoms with van der Waals surface area (Å²) in [5.41, 5.74) is 0.917. The molecule has 0 spiro atoms. The first-order valence-corrected chi connectivity index (χ1v) is 7.23. The molecule has 0 saturated heterocycles. The van der Waals surface area contributed by atoms with Gasteiger partial charge >= 0.3 is 0 Å². The summed E-state index contributed by atoms with van der Waals surface area (Å²) < 4.78 is 18.9. The molecule has 1 aliphatic heterocycles. The molecule has 1 heterocycles. The van der Waals surface area contributed by atoms with E-state index < -0.39 is 5.82 Å². The number of alkyl halides is 1. The molecule has 0 saturated carbocycles. The smallest absolute Gasteiger partial charge is 0.235 e. The second-order valence-electron chi connectivity index (χ2n) is 4.13. The van der Waals surface area contributed by atoms with Gasteiger partial charge in [0.25, 0.3) is 0 Å². The molecule has 0 aromatic heterocycles. The molecule has 1 atom stereocenters. The van der Waals surface area contributed by atoms with Gasteiger partial charge in [0.05, 0.1) is 16.9 Å². The van der Waals surface area contributed by atoms with E-state index in [-0.39, 0.29) is 42.5 Å². The zero-order valence-electron chi connectivity index (χ0n) is 11.3. The zero-order valence-corrected chi connectivity index (χ0v) is 16.3. The maximum atomic E-state index is 14.1. The molecule has 6 heteroatoms. The zero-order chi connectivity index (χ0) is 14.0. The van der Waals surface area contributed by atoms with Crippen LogP contribution < -0.4 is 4.74 Å². The van der Waals surface area contributed by atoms with Crippen molar-refractivity contribution in [3.8, 4) is 5.75 Å². The monoisotopic (exact) mass is 463 g/mol. The summed E-state index contributed by atoms with van der Waals surface area (Å²) in [5.74, 6) is 0.0610. The van der Waals surface area contributed by atoms with E-state index >= 15 is 0 Å². The normalized spacial score (nSPS) is 18.4. The molecule has 0 fully saturated rings. The molecular weight excluding hydrogens is 449 g/mol. The van der Waals surface area contributed by atoms with Crippen LogP contribution in [0, 0.1) is 11.9 Å². The van der Waals surface area contributed by atoms with Crippen LogP contribution in [-0.2, 0) is 37.5 Å². The maximum Gasteiger partial charge on any atom is 0.235 e. The van der Waals surface area contributed by atoms with Gasteiger partial charge in [0.1, 0.15) is 5.75 Å². The molecule has 1 unspecified atom stereocenters. The number of ether oxygens (including phenoxy) is 1. The van der Waals surface area contributed by atoms with Crippen LogP contribution in [0.4, 0.5) is 4.39 Å². The average Bonchev–Trinajstić information content (AvgIpc) is 2.42. The van der Waals surface area contributed by atoms with E-state index in [0.29, 0.717) is 30.0 Å². The van der Waals surface area contributed by atoms with Gasteiger partial charge in [-0.25, -0.2) is 10.5 Å². The number of rotatable bonds is 3. The number of allylic oxidation sites excluding steroid dienone is 1. The van der Waals surface area contributed by atoms with Crippen molar-refractivity contribution in [3.05, 3.63) is 35.7 Å². The Balaban J connectivity index is 0.00000200. The van der Waals surface area contributed by atoms with Gasteiger partial charge < -0.3 is 9.64 Å². The first-order chi connectivity index (χ1) is 9.08. The number of halogens is 2. The van der Waals surface area contributed by atoms with E-state index in [2.05, 4.69) is 28.7 Å². The SMILES string of the molecule is CCN1C(=O)C(I)C[C-]=C1c1ccc(OC)cc1F.[Y]. The summed E-state index contributed by atoms with van der Waals surface area (Å²) in [6, 6.07) is 4.62. The molecule has 1 aliphatic rings. The Hall–Kier alpha value is -0.00610. The standard InChI is InChI=1S/C14H14FINO2.Y/c1-3-17-13(7-6-12(16)14(17)18)10-5-4-9(19-2)8-11(10)15;/h4-5,8,12H,3,6H2,1-2H3;/q-1;. The predicted molar refractivity (Wildman–Crippen MR) is 79.4 cm³/mol. The van der Waals surface area contributed by atoms with Crippen LogP contribution >= 0.6 is 22.6 Å². The van der Waals surface area contributed by atoms with Gasteiger partial charge in [-0.15, -0.1) is 17.3 Å². The van der Waals surface area contributed by atoms with Crippen molar-refractivity contribution in [2.45, 2.75) is 17.3 Å². The summed E-state index contributed by atoms with van der Waals surface area (Å²) in [7, 11) is 1.49. The van der Waals surface area contributed by atoms with Gasteiger partial charge in [0.15, 0.2) is 0 Å². The number of nitrogens with zero attached hydrogens (tertiary/aromatic N) is 1. The molecule has 1 radical (unpaired) electrons. The van der Waals surface area contributed by atoms with Crippen LogP contribution in [0.3, 0.4) is 0 Å². The molecule has 1 amide bonds. The van der Waals surface area contributed by atoms with E-state index in [1.54, 1.807) is 17.0 Å². The molecule has 1 aromatic carbocycles. The molecule has 0 bridgehead atoms. The van der Waals surface area contributed by atoms with Crippen LogP contribution in [0.1, 0.15) is 18.9 Å². The Labute approximate surface area is 157 Å². The third-order valence-corrected chi connectivity index (χ3v) is 3.97. The molecule has 0 aliphatic carbocycles. The van der Waals surface area contributed by atoms with Crippen molar-refractivity contribution in [2.75, 3.05) is 13.7 Å². The summed E-state index contributed by atoms with van der Waals surface area (Å²) in [6.07, 6.45) is 3.64. The Morgan fingerprint density at radius 2 is 2.25 bits per heavy atom. The van der Waals surface area contributed by atoms with Crippen LogP contribution in [0.15, 0.2) is 18.2 Å². The van der Waals surface area contributed by atoms with E-state index in [1.807, 2.05) is 6.92 Å². The number of methoxy groups -OCH3 is 1. The summed E-state index contributed by atoms with van der Waals surface area (Å²) in [5, 5.41) is 0. The quantitative estimate of drug-likeness (QED) is 0.392. The first kappa shape index (κ1) is 18.0. The molecule has 1 aromatic rings. The van der Waals surface area contributed by atoms with Gasteiger partial charge in [-0.2, -0.15) is 0 Å². The fourth-order valence-corrected chi connectivity index (χ4v) is 2.57. The minimum Gasteiger partial charge on any atom is -0.497 e. The third-order valence-electron chi connectivity index (χ3n) is 3.00. The van der Waals surface area contributed by atoms with Gasteiger partial charge in [0.2, 0.25) is 5.91 Å². The molecule has 3 nitrogen and oxygen atoms in total. The Morgan fingerprint density at radius 1 is 1.55 bits per heavy atom. The minimum absolute atomic E-state index is 0. The predicted octanol–water partition coefficient (Wildman–Crippen LogP) is 3.03. The Bertz CT molecular complexity index is 536. The fraction of sp³-hybridized carbons (Fsp3) is 0.357. The second kappa shape index (κ2) is 7.85. The average molecular weight is 463 g/mol. The Morgan fingerprint density at radius 3 is 2.80 bits per heavy atom. The minimum atomic E-state index is -0.403. The van der Waals surface area contributed by atoms with Gasteiger partial charge in [-0.1, -0.05) is 29.0 Å². The van der Waals surface area contributed by atoms with E-state index in [9.17, 15) is 9.18 Å². The topological polar surface area (TPSA) is 29.5 Å². The number of amides is 1. The van der Waals surface area contributed by atoms with Crippen molar-refractivity contribution in [3.63, 3.8) is 0 Å². The van der Waals surface area contributed by atoms with Crippen LogP contribution in [-0.4, -0.2) is 28.4 Å². The van der Waals surface area contributed by atoms with Crippen LogP contribution in [0.5, 0.6) is 5.75 Å². The van der Waals surface area contributed by atoms with E-state index in [4.69, 9.17) is 4.74 Å². The van der Waals surface area contributed by atoms with Crippen molar-refractivity contribution >= 4 is 34.2 Å². The van der Waals surface area contributed by atoms with E-state index in [0.717, 1.165) is 0 Å². The largest absolute Gasteiger partial charge is 0.497 e. The third kappa shape index (κ3) is 3.60. The number of benzene rings is 1. The van der Waals surface area contributed by atoms with Gasteiger partial charge in [0, 0.05) is 39.3 Å². The molecule has 20 heavy (non-hydrogen) atoms. The van der Waals surface area contributed by atoms with E-state index in [1.165, 1.54) is 13.2 Å². The molecule has 2 rings (SSSR count). The van der Waals surface area contributed by atoms with Crippen molar-refractivity contribution in [1.82, 2.24) is 4.90 Å². The molecular formula is C14H14FINO2Y-. The van der Waals surface area contributed by atoms with Crippen LogP contribution in [0.2, 0.25) is 0 Å². The summed E-state index contributed by atoms with van der Waals surface area (Å²) in [4.78, 5) is 13.7. The molecule has 0 N–H and O–H groups in total. The first-order valence-electron chi connectivity index (χ1n) is 5.98. The van der Waals surface area contributed by atoms with Gasteiger partial charge in [-0.05, 0) is 19.1 Å². The number of carbonyl (C=O) groups excluding carboxylic acids is 1. The fourth-order valence-electron chi connectivity index (χ4n) is 2.02. The maximum absolute atomic E-state index is 14.1. The summed E-state index contributed by atoms with van der Waals surface area (Å²) >= 11 is 2.09. The van der Waals surface area contributed by atoms with Crippen molar-refractivity contribution in [1.29, 1.82) is 0 Å². The van der Waals surface area contributed by atoms with Crippen molar-refractivity contribution < 1.29 is 46.6 Å². The Kier molecular flexibility index (Phi) is 7.08. The molecule has 105 valence electrons. The van der Waals surface area contributed by atoms with Gasteiger partial charge in [-0.3, -0.25) is 4.79 Å².